The Kier molecular flexibility index (Phi) is 31.7. The summed E-state index contributed by atoms with van der Waals surface area (Å²) >= 11 is 6.41. The third-order valence-corrected chi connectivity index (χ3v) is 16.7. The molecule has 0 aromatic heterocycles. The Morgan fingerprint density at radius 3 is 2.08 bits per heavy atom. The van der Waals surface area contributed by atoms with E-state index in [1.165, 1.54) is 6.08 Å². The number of aryl methyl sites for hydroxylation is 2. The minimum atomic E-state index is -1.28. The molecule has 3 aliphatic rings. The second-order valence-corrected chi connectivity index (χ2v) is 25.7. The van der Waals surface area contributed by atoms with Crippen molar-refractivity contribution in [2.24, 2.45) is 29.1 Å². The van der Waals surface area contributed by atoms with Gasteiger partial charge in [0.05, 0.1) is 70.4 Å². The molecule has 2 saturated heterocycles. The number of carbonyl (C=O) groups excluding carboxylic acids is 11. The van der Waals surface area contributed by atoms with Crippen LogP contribution in [0.2, 0.25) is 5.02 Å². The lowest BCUT2D eigenvalue weighted by molar-refractivity contribution is -0.179. The van der Waals surface area contributed by atoms with Gasteiger partial charge in [-0.1, -0.05) is 88.7 Å². The molecule has 0 spiro atoms. The van der Waals surface area contributed by atoms with Crippen molar-refractivity contribution in [3.8, 4) is 0 Å². The van der Waals surface area contributed by atoms with Crippen LogP contribution in [0.5, 0.6) is 0 Å². The predicted molar refractivity (Wildman–Crippen MR) is 339 cm³/mol. The zero-order chi connectivity index (χ0) is 67.5. The zero-order valence-electron chi connectivity index (χ0n) is 54.9. The lowest BCUT2D eigenvalue weighted by atomic mass is 9.85. The minimum Gasteiger partial charge on any atom is -0.459 e. The second kappa shape index (κ2) is 38.4. The van der Waals surface area contributed by atoms with E-state index < -0.39 is 95.2 Å². The number of nitrogens with one attached hydrogen (secondary N) is 4. The number of carbonyl (C=O) groups is 11. The zero-order valence-corrected chi connectivity index (χ0v) is 55.7. The van der Waals surface area contributed by atoms with E-state index in [-0.39, 0.29) is 138 Å². The molecule has 0 saturated carbocycles. The van der Waals surface area contributed by atoms with Crippen molar-refractivity contribution < 1.29 is 85.9 Å². The Hall–Kier alpha value is -6.76. The first-order valence-corrected chi connectivity index (χ1v) is 32.5. The number of amides is 6. The molecule has 24 heteroatoms. The number of imide groups is 1. The number of rotatable bonds is 37. The lowest BCUT2D eigenvalue weighted by Gasteiger charge is -2.29. The van der Waals surface area contributed by atoms with Gasteiger partial charge in [-0.15, -0.1) is 0 Å². The number of ether oxygens (including phenoxy) is 7. The molecule has 6 amide bonds. The first kappa shape index (κ1) is 76.0. The van der Waals surface area contributed by atoms with Gasteiger partial charge in [0, 0.05) is 94.8 Å². The van der Waals surface area contributed by atoms with Gasteiger partial charge < -0.3 is 54.4 Å². The van der Waals surface area contributed by atoms with Gasteiger partial charge in [-0.25, -0.2) is 4.79 Å². The molecule has 0 aliphatic carbocycles. The van der Waals surface area contributed by atoms with Gasteiger partial charge >= 0.3 is 11.9 Å². The van der Waals surface area contributed by atoms with Gasteiger partial charge in [-0.3, -0.25) is 52.8 Å². The van der Waals surface area contributed by atoms with E-state index >= 15 is 0 Å². The molecule has 23 nitrogen and oxygen atoms in total. The van der Waals surface area contributed by atoms with Crippen molar-refractivity contribution in [3.63, 3.8) is 0 Å². The van der Waals surface area contributed by atoms with E-state index in [0.717, 1.165) is 21.6 Å². The van der Waals surface area contributed by atoms with Crippen LogP contribution in [0.3, 0.4) is 0 Å². The average molecular weight is 1310 g/mol. The van der Waals surface area contributed by atoms with Gasteiger partial charge in [0.2, 0.25) is 35.4 Å². The summed E-state index contributed by atoms with van der Waals surface area (Å²) in [6.45, 7) is 16.5. The third kappa shape index (κ3) is 26.0. The molecule has 0 unspecified atom stereocenters. The number of halogens is 1. The van der Waals surface area contributed by atoms with Crippen LogP contribution in [0.4, 0.5) is 0 Å². The number of hydrogen-bond acceptors (Lipinski definition) is 18. The average Bonchev–Trinajstić information content (AvgIpc) is 1.71. The second-order valence-electron chi connectivity index (χ2n) is 25.3. The van der Waals surface area contributed by atoms with Crippen LogP contribution in [-0.2, 0) is 98.7 Å². The summed E-state index contributed by atoms with van der Waals surface area (Å²) in [7, 11) is 1.59. The fraction of sp³-hybridized carbons (Fsp3) is 0.632. The molecule has 0 bridgehead atoms. The fourth-order valence-electron chi connectivity index (χ4n) is 10.5. The van der Waals surface area contributed by atoms with Crippen molar-refractivity contribution in [1.82, 2.24) is 26.2 Å². The number of esters is 2. The number of epoxide rings is 1. The highest BCUT2D eigenvalue weighted by atomic mass is 35.5. The maximum atomic E-state index is 14.2. The summed E-state index contributed by atoms with van der Waals surface area (Å²) in [6, 6.07) is 10.9. The SMILES string of the molecule is COCCOCCOCCOCCNC(=O)CC[C@H](CC(=O)[C@@H](NC(=O)CCCC(=O)CN1C(=O)CCC1=O)C(C)C)C(=O)CCc1ccc([C@H]2O[C@@H]2[C@@H](C)[C@@H]2C/C=C/C(=O)N[C@H](Cc3ccc(C)c(Cl)c3)C(=O)NCC(C)(C)C(=O)O[C@@H](CC(C)C)C(=O)O2)cc1. The highest BCUT2D eigenvalue weighted by Crippen LogP contribution is 2.45. The number of hydrogen-bond donors (Lipinski definition) is 4. The first-order chi connectivity index (χ1) is 43.8. The number of likely N-dealkylation sites (tertiary alicyclic amines) is 1. The molecule has 2 aromatic carbocycles. The van der Waals surface area contributed by atoms with Crippen molar-refractivity contribution in [2.75, 3.05) is 73.0 Å². The van der Waals surface area contributed by atoms with E-state index in [1.807, 2.05) is 64.1 Å². The van der Waals surface area contributed by atoms with Gasteiger partial charge in [0.15, 0.2) is 17.7 Å². The Bertz CT molecular complexity index is 2860. The van der Waals surface area contributed by atoms with E-state index in [1.54, 1.807) is 46.9 Å². The summed E-state index contributed by atoms with van der Waals surface area (Å²) in [5, 5.41) is 11.7. The molecule has 0 radical (unpaired) electrons. The number of cyclic esters (lactones) is 2. The highest BCUT2D eigenvalue weighted by Gasteiger charge is 2.48. The molecule has 8 atom stereocenters. The van der Waals surface area contributed by atoms with Crippen LogP contribution >= 0.6 is 11.6 Å². The van der Waals surface area contributed by atoms with Crippen molar-refractivity contribution in [3.05, 3.63) is 81.9 Å². The molecule has 92 heavy (non-hydrogen) atoms. The monoisotopic (exact) mass is 1310 g/mol. The summed E-state index contributed by atoms with van der Waals surface area (Å²) in [5.41, 5.74) is 1.90. The van der Waals surface area contributed by atoms with E-state index in [4.69, 9.17) is 44.8 Å². The van der Waals surface area contributed by atoms with E-state index in [9.17, 15) is 52.7 Å². The third-order valence-electron chi connectivity index (χ3n) is 16.3. The molecular weight excluding hydrogens is 1210 g/mol. The first-order valence-electron chi connectivity index (χ1n) is 32.1. The molecule has 5 rings (SSSR count). The van der Waals surface area contributed by atoms with E-state index in [0.29, 0.717) is 56.6 Å². The highest BCUT2D eigenvalue weighted by molar-refractivity contribution is 6.31. The molecule has 3 heterocycles. The number of benzene rings is 2. The maximum Gasteiger partial charge on any atom is 0.347 e. The quantitative estimate of drug-likeness (QED) is 0.0256. The normalized spacial score (nSPS) is 21.0. The molecule has 2 aromatic rings. The van der Waals surface area contributed by atoms with Crippen LogP contribution in [-0.4, -0.2) is 173 Å². The smallest absolute Gasteiger partial charge is 0.347 e. The Labute approximate surface area is 545 Å². The summed E-state index contributed by atoms with van der Waals surface area (Å²) in [5.74, 6) is -6.96. The maximum absolute atomic E-state index is 14.2. The summed E-state index contributed by atoms with van der Waals surface area (Å²) in [4.78, 5) is 147. The summed E-state index contributed by atoms with van der Waals surface area (Å²) < 4.78 is 39.7. The minimum absolute atomic E-state index is 0.0354. The number of methoxy groups -OCH3 is 1. The molecule has 2 fully saturated rings. The largest absolute Gasteiger partial charge is 0.459 e. The Balaban J connectivity index is 1.23. The van der Waals surface area contributed by atoms with Crippen LogP contribution < -0.4 is 21.3 Å². The number of nitrogens with zero attached hydrogens (tertiary/aromatic N) is 1. The van der Waals surface area contributed by atoms with Crippen LogP contribution in [0.1, 0.15) is 147 Å². The topological polar surface area (TPSA) is 307 Å². The van der Waals surface area contributed by atoms with Gasteiger partial charge in [-0.05, 0) is 92.7 Å². The molecular formula is C68H96ClN5O18. The summed E-state index contributed by atoms with van der Waals surface area (Å²) in [6.07, 6.45) is 0.431. The van der Waals surface area contributed by atoms with Crippen molar-refractivity contribution in [2.45, 2.75) is 175 Å². The van der Waals surface area contributed by atoms with Crippen molar-refractivity contribution >= 4 is 76.3 Å². The fourth-order valence-corrected chi connectivity index (χ4v) is 10.7. The van der Waals surface area contributed by atoms with Crippen molar-refractivity contribution in [1.29, 1.82) is 0 Å². The van der Waals surface area contributed by atoms with Crippen LogP contribution in [0, 0.1) is 36.0 Å². The standard InChI is InChI=1S/C68H96ClN5O18/c1-42(2)36-56-66(84)90-55(13-11-15-58(79)72-52(38-47-17-16-44(5)51(69)37-47)65(83)71-41-68(7,8)67(85)91-56)45(6)63-64(92-63)48-21-18-46(19-22-48)20-24-53(76)49(23-25-57(78)70-28-29-87-32-33-89-35-34-88-31-30-86-9)39-54(77)62(43(3)4)73-59(80)14-10-12-50(75)40-74-60(81)26-27-61(74)82/h11,15-19,21-22,37,42-43,45,49,52,55-56,62-64H,10,12-14,20,23-36,38-41H2,1-9H3,(H,70,78)(H,71,83)(H,72,79)(H,73,80)/b15-11+/t45-,49+,52+,55-,56-,62-,63+,64+/m0/s1. The molecule has 3 aliphatic heterocycles. The Morgan fingerprint density at radius 2 is 1.43 bits per heavy atom. The van der Waals surface area contributed by atoms with Gasteiger partial charge in [-0.2, -0.15) is 0 Å². The molecule has 508 valence electrons. The Morgan fingerprint density at radius 1 is 0.783 bits per heavy atom. The molecule has 4 N–H and O–H groups in total. The van der Waals surface area contributed by atoms with E-state index in [2.05, 4.69) is 21.3 Å². The van der Waals surface area contributed by atoms with Gasteiger partial charge in [0.25, 0.3) is 0 Å². The number of ketones is 3. The predicted octanol–water partition coefficient (Wildman–Crippen LogP) is 6.12. The number of Topliss-reactive ketones (excluding diaryl/α,β-unsaturated/α-hetero) is 3. The van der Waals surface area contributed by atoms with Crippen LogP contribution in [0.25, 0.3) is 0 Å². The lowest BCUT2D eigenvalue weighted by Crippen LogP contribution is -2.51. The van der Waals surface area contributed by atoms with Crippen LogP contribution in [0.15, 0.2) is 54.6 Å². The van der Waals surface area contributed by atoms with Gasteiger partial charge in [0.1, 0.15) is 24.0 Å².